The van der Waals surface area contributed by atoms with E-state index in [4.69, 9.17) is 9.26 Å². The van der Waals surface area contributed by atoms with Gasteiger partial charge in [-0.15, -0.1) is 12.4 Å². The molecule has 1 fully saturated rings. The van der Waals surface area contributed by atoms with E-state index in [0.29, 0.717) is 17.3 Å². The third-order valence-corrected chi connectivity index (χ3v) is 3.88. The summed E-state index contributed by atoms with van der Waals surface area (Å²) >= 11 is 0. The molecule has 1 aliphatic heterocycles. The topological polar surface area (TPSA) is 72.7 Å². The van der Waals surface area contributed by atoms with E-state index in [9.17, 15) is 8.78 Å². The van der Waals surface area contributed by atoms with Crippen molar-refractivity contribution in [2.45, 2.75) is 12.7 Å². The second-order valence-corrected chi connectivity index (χ2v) is 5.40. The lowest BCUT2D eigenvalue weighted by Crippen LogP contribution is -2.44. The molecule has 2 aromatic rings. The minimum atomic E-state index is -2.92. The molecule has 1 saturated heterocycles. The lowest BCUT2D eigenvalue weighted by Gasteiger charge is -2.30. The van der Waals surface area contributed by atoms with Crippen LogP contribution in [0.3, 0.4) is 0 Å². The van der Waals surface area contributed by atoms with Crippen molar-refractivity contribution < 1.29 is 22.8 Å². The fraction of sp³-hybridized carbons (Fsp3) is 0.467. The first kappa shape index (κ1) is 19.4. The smallest absolute Gasteiger partial charge is 0.387 e. The Bertz CT molecular complexity index is 701. The summed E-state index contributed by atoms with van der Waals surface area (Å²) in [6.07, 6.45) is 0. The van der Waals surface area contributed by atoms with Crippen molar-refractivity contribution in [2.24, 2.45) is 0 Å². The van der Waals surface area contributed by atoms with Gasteiger partial charge in [-0.25, -0.2) is 0 Å². The standard InChI is InChI=1S/C15H18F2N4O3.ClH/c1-21-6-5-18-8-10(21)13-19-14(24-20-13)9-3-4-11(23-15(16)17)12(7-9)22-2;/h3-4,7,10,15,18H,5-6,8H2,1-2H3;1H. The van der Waals surface area contributed by atoms with Crippen molar-refractivity contribution in [3.8, 4) is 23.0 Å². The van der Waals surface area contributed by atoms with Crippen LogP contribution in [0.15, 0.2) is 22.7 Å². The number of nitrogens with zero attached hydrogens (tertiary/aromatic N) is 3. The van der Waals surface area contributed by atoms with Gasteiger partial charge < -0.3 is 19.3 Å². The van der Waals surface area contributed by atoms with E-state index in [2.05, 4.69) is 25.1 Å². The van der Waals surface area contributed by atoms with Gasteiger partial charge in [0, 0.05) is 25.2 Å². The molecular formula is C15H19ClF2N4O3. The van der Waals surface area contributed by atoms with Gasteiger partial charge in [0.15, 0.2) is 17.3 Å². The van der Waals surface area contributed by atoms with E-state index in [0.717, 1.165) is 19.6 Å². The van der Waals surface area contributed by atoms with Crippen LogP contribution in [-0.2, 0) is 0 Å². The highest BCUT2D eigenvalue weighted by atomic mass is 35.5. The number of aromatic nitrogens is 2. The largest absolute Gasteiger partial charge is 0.493 e. The monoisotopic (exact) mass is 376 g/mol. The lowest BCUT2D eigenvalue weighted by atomic mass is 10.2. The number of alkyl halides is 2. The molecule has 0 bridgehead atoms. The van der Waals surface area contributed by atoms with E-state index >= 15 is 0 Å². The summed E-state index contributed by atoms with van der Waals surface area (Å²) in [5, 5.41) is 7.32. The quantitative estimate of drug-likeness (QED) is 0.858. The highest BCUT2D eigenvalue weighted by molar-refractivity contribution is 5.85. The summed E-state index contributed by atoms with van der Waals surface area (Å²) in [4.78, 5) is 6.56. The molecule has 138 valence electrons. The normalized spacial score (nSPS) is 18.0. The molecule has 0 spiro atoms. The van der Waals surface area contributed by atoms with Crippen LogP contribution in [0.1, 0.15) is 11.9 Å². The average Bonchev–Trinajstić information content (AvgIpc) is 3.05. The zero-order valence-electron chi connectivity index (χ0n) is 13.7. The molecule has 2 heterocycles. The van der Waals surface area contributed by atoms with Gasteiger partial charge in [-0.1, -0.05) is 5.16 Å². The third-order valence-electron chi connectivity index (χ3n) is 3.88. The minimum Gasteiger partial charge on any atom is -0.493 e. The lowest BCUT2D eigenvalue weighted by molar-refractivity contribution is -0.0512. The minimum absolute atomic E-state index is 0. The Hall–Kier alpha value is -1.97. The zero-order valence-corrected chi connectivity index (χ0v) is 14.6. The Morgan fingerprint density at radius 1 is 1.36 bits per heavy atom. The van der Waals surface area contributed by atoms with Crippen LogP contribution in [-0.4, -0.2) is 55.4 Å². The van der Waals surface area contributed by atoms with E-state index in [-0.39, 0.29) is 29.9 Å². The zero-order chi connectivity index (χ0) is 17.1. The van der Waals surface area contributed by atoms with E-state index < -0.39 is 6.61 Å². The highest BCUT2D eigenvalue weighted by Gasteiger charge is 2.25. The number of halogens is 3. The van der Waals surface area contributed by atoms with E-state index in [1.807, 2.05) is 7.05 Å². The summed E-state index contributed by atoms with van der Waals surface area (Å²) in [6, 6.07) is 4.51. The molecule has 7 nitrogen and oxygen atoms in total. The van der Waals surface area contributed by atoms with Crippen LogP contribution in [0, 0.1) is 0 Å². The number of rotatable bonds is 5. The van der Waals surface area contributed by atoms with Crippen molar-refractivity contribution in [1.82, 2.24) is 20.4 Å². The molecule has 1 aromatic heterocycles. The fourth-order valence-corrected chi connectivity index (χ4v) is 2.58. The molecule has 3 rings (SSSR count). The Morgan fingerprint density at radius 2 is 2.16 bits per heavy atom. The SMILES string of the molecule is COc1cc(-c2nc(C3CNCCN3C)no2)ccc1OC(F)F.Cl. The van der Waals surface area contributed by atoms with Crippen LogP contribution in [0.25, 0.3) is 11.5 Å². The van der Waals surface area contributed by atoms with Crippen molar-refractivity contribution in [2.75, 3.05) is 33.8 Å². The van der Waals surface area contributed by atoms with Gasteiger partial charge in [0.05, 0.1) is 13.2 Å². The first-order chi connectivity index (χ1) is 11.6. The maximum absolute atomic E-state index is 12.4. The van der Waals surface area contributed by atoms with Crippen LogP contribution in [0.4, 0.5) is 8.78 Å². The number of ether oxygens (including phenoxy) is 2. The second-order valence-electron chi connectivity index (χ2n) is 5.40. The predicted octanol–water partition coefficient (Wildman–Crippen LogP) is 2.34. The van der Waals surface area contributed by atoms with Crippen molar-refractivity contribution in [1.29, 1.82) is 0 Å². The first-order valence-electron chi connectivity index (χ1n) is 7.46. The molecule has 0 radical (unpaired) electrons. The highest BCUT2D eigenvalue weighted by Crippen LogP contribution is 2.33. The number of nitrogens with one attached hydrogen (secondary N) is 1. The number of hydrogen-bond acceptors (Lipinski definition) is 7. The number of hydrogen-bond donors (Lipinski definition) is 1. The summed E-state index contributed by atoms with van der Waals surface area (Å²) in [5.74, 6) is 0.994. The number of benzene rings is 1. The molecule has 10 heteroatoms. The molecule has 1 aliphatic rings. The van der Waals surface area contributed by atoms with Crippen LogP contribution in [0.5, 0.6) is 11.5 Å². The van der Waals surface area contributed by atoms with Crippen molar-refractivity contribution in [3.05, 3.63) is 24.0 Å². The van der Waals surface area contributed by atoms with Gasteiger partial charge in [-0.05, 0) is 25.2 Å². The van der Waals surface area contributed by atoms with Crippen molar-refractivity contribution in [3.63, 3.8) is 0 Å². The summed E-state index contributed by atoms with van der Waals surface area (Å²) in [5.41, 5.74) is 0.568. The maximum atomic E-state index is 12.4. The molecule has 1 atom stereocenters. The Labute approximate surface area is 149 Å². The van der Waals surface area contributed by atoms with Gasteiger partial charge in [-0.2, -0.15) is 13.8 Å². The Morgan fingerprint density at radius 3 is 2.84 bits per heavy atom. The van der Waals surface area contributed by atoms with Crippen LogP contribution in [0.2, 0.25) is 0 Å². The van der Waals surface area contributed by atoms with Gasteiger partial charge in [0.25, 0.3) is 5.89 Å². The third kappa shape index (κ3) is 4.36. The Kier molecular flexibility index (Phi) is 6.51. The molecule has 0 aliphatic carbocycles. The molecule has 0 amide bonds. The average molecular weight is 377 g/mol. The molecule has 25 heavy (non-hydrogen) atoms. The predicted molar refractivity (Wildman–Crippen MR) is 88.4 cm³/mol. The van der Waals surface area contributed by atoms with Gasteiger partial charge in [0.1, 0.15) is 0 Å². The summed E-state index contributed by atoms with van der Waals surface area (Å²) in [6.45, 7) is -0.378. The van der Waals surface area contributed by atoms with E-state index in [1.54, 1.807) is 6.07 Å². The molecule has 1 unspecified atom stereocenters. The first-order valence-corrected chi connectivity index (χ1v) is 7.46. The van der Waals surface area contributed by atoms with Gasteiger partial charge in [-0.3, -0.25) is 4.90 Å². The van der Waals surface area contributed by atoms with Crippen molar-refractivity contribution >= 4 is 12.4 Å². The Balaban J connectivity index is 0.00000225. The summed E-state index contributed by atoms with van der Waals surface area (Å²) < 4.78 is 39.6. The summed E-state index contributed by atoms with van der Waals surface area (Å²) in [7, 11) is 3.38. The van der Waals surface area contributed by atoms with Crippen LogP contribution < -0.4 is 14.8 Å². The maximum Gasteiger partial charge on any atom is 0.387 e. The number of likely N-dealkylation sites (N-methyl/N-ethyl adjacent to an activating group) is 1. The molecule has 1 aromatic carbocycles. The molecule has 1 N–H and O–H groups in total. The van der Waals surface area contributed by atoms with Crippen LogP contribution >= 0.6 is 12.4 Å². The molecular weight excluding hydrogens is 358 g/mol. The number of methoxy groups -OCH3 is 1. The van der Waals surface area contributed by atoms with Gasteiger partial charge in [0.2, 0.25) is 0 Å². The fourth-order valence-electron chi connectivity index (χ4n) is 2.58. The van der Waals surface area contributed by atoms with Gasteiger partial charge >= 0.3 is 6.61 Å². The van der Waals surface area contributed by atoms with E-state index in [1.165, 1.54) is 19.2 Å². The second kappa shape index (κ2) is 8.41. The molecule has 0 saturated carbocycles. The number of piperazine rings is 1.